The van der Waals surface area contributed by atoms with Gasteiger partial charge in [0.15, 0.2) is 11.4 Å². The summed E-state index contributed by atoms with van der Waals surface area (Å²) >= 11 is 11.9. The fourth-order valence-corrected chi connectivity index (χ4v) is 6.84. The molecule has 0 unspecified atom stereocenters. The lowest BCUT2D eigenvalue weighted by atomic mass is 9.96. The topological polar surface area (TPSA) is 283 Å². The van der Waals surface area contributed by atoms with Gasteiger partial charge in [0.05, 0.1) is 18.9 Å². The summed E-state index contributed by atoms with van der Waals surface area (Å²) in [6.07, 6.45) is 3.00. The number of carbonyl (C=O) groups excluding carboxylic acids is 3. The van der Waals surface area contributed by atoms with E-state index in [9.17, 15) is 37.9 Å². The first-order valence-electron chi connectivity index (χ1n) is 19.7. The van der Waals surface area contributed by atoms with Crippen LogP contribution in [0.5, 0.6) is 0 Å². The summed E-state index contributed by atoms with van der Waals surface area (Å²) in [4.78, 5) is 59.7. The van der Waals surface area contributed by atoms with Gasteiger partial charge in [-0.2, -0.15) is 30.8 Å². The number of nitrogens with two attached hydrogens (primary N) is 1. The summed E-state index contributed by atoms with van der Waals surface area (Å²) in [5, 5.41) is 49.5. The van der Waals surface area contributed by atoms with Crippen molar-refractivity contribution in [2.24, 2.45) is 5.73 Å². The monoisotopic (exact) mass is 933 g/mol. The van der Waals surface area contributed by atoms with Gasteiger partial charge < -0.3 is 37.2 Å². The molecule has 6 rings (SSSR count). The van der Waals surface area contributed by atoms with Crippen LogP contribution >= 0.6 is 23.2 Å². The van der Waals surface area contributed by atoms with E-state index in [1.54, 1.807) is 61.6 Å². The quantitative estimate of drug-likeness (QED) is 0.0552. The number of amides is 3. The molecule has 2 heterocycles. The van der Waals surface area contributed by atoms with Crippen molar-refractivity contribution in [3.63, 3.8) is 0 Å². The third-order valence-corrected chi connectivity index (χ3v) is 10.1. The number of carbonyl (C=O) groups is 5. The number of hydrogen-bond acceptors (Lipinski definition) is 11. The van der Waals surface area contributed by atoms with Gasteiger partial charge in [0, 0.05) is 33.3 Å². The molecule has 4 atom stereocenters. The lowest BCUT2D eigenvalue weighted by Gasteiger charge is -2.23. The lowest BCUT2D eigenvalue weighted by molar-refractivity contribution is -0.142. The Kier molecular flexibility index (Phi) is 17.7. The molecule has 4 aromatic carbocycles. The van der Waals surface area contributed by atoms with Crippen molar-refractivity contribution in [1.29, 1.82) is 0 Å². The Morgan fingerprint density at radius 3 is 1.49 bits per heavy atom. The number of hydrogen-bond donors (Lipinski definition) is 9. The molecule has 340 valence electrons. The van der Waals surface area contributed by atoms with E-state index >= 15 is 0 Å². The van der Waals surface area contributed by atoms with Crippen LogP contribution in [0.2, 0.25) is 10.0 Å². The highest BCUT2D eigenvalue weighted by Crippen LogP contribution is 2.28. The van der Waals surface area contributed by atoms with Crippen LogP contribution < -0.4 is 27.0 Å². The van der Waals surface area contributed by atoms with Gasteiger partial charge in [-0.3, -0.25) is 19.2 Å². The van der Waals surface area contributed by atoms with Crippen molar-refractivity contribution < 1.29 is 43.0 Å². The zero-order valence-electron chi connectivity index (χ0n) is 34.4. The minimum Gasteiger partial charge on any atom is -0.480 e. The number of nitrogens with zero attached hydrogens (tertiary/aromatic N) is 4. The molecule has 0 aliphatic carbocycles. The number of aromatic nitrogens is 6. The largest absolute Gasteiger partial charge is 0.480 e. The van der Waals surface area contributed by atoms with Crippen LogP contribution in [0.1, 0.15) is 44.9 Å². The molecular weight excluding hydrogens is 891 g/mol. The van der Waals surface area contributed by atoms with E-state index < -0.39 is 65.5 Å². The third-order valence-electron chi connectivity index (χ3n) is 9.66. The van der Waals surface area contributed by atoms with E-state index in [2.05, 4.69) is 52.1 Å². The molecule has 65 heavy (non-hydrogen) atoms. The number of carboxylic acid groups (broad SMARTS) is 2. The van der Waals surface area contributed by atoms with Gasteiger partial charge in [-0.1, -0.05) is 71.7 Å². The molecule has 3 amide bonds. The number of carboxylic acids is 2. The standard InChI is InChI=1S/C23H24ClFN6O4.C20H19ClFN5O3/c1-26-12-21(32)29-19(23(34)35)10-16(28-22(33)20-11-27-31-30-20)8-13-2-4-14(5-3-13)17-9-15(24)6-7-18(17)25;21-13-5-6-16(22)15(8-13)12-3-1-11(2-4-12)7-14(9-17(23)20(29)30)25-19(28)18-10-24-27-26-18/h2-7,9,11,16,19,26H,8,10,12H2,1H3,(H,28,33)(H,29,32)(H,34,35)(H,27,30,31);1-6,8,10,14,17H,7,9,23H2,(H,25,28)(H,29,30)(H,24,26,27)/t16-,19-;14-,17-/m11/s1. The van der Waals surface area contributed by atoms with Gasteiger partial charge in [-0.05, 0) is 91.4 Å². The van der Waals surface area contributed by atoms with Crippen molar-refractivity contribution in [1.82, 2.24) is 52.1 Å². The Morgan fingerprint density at radius 1 is 0.662 bits per heavy atom. The van der Waals surface area contributed by atoms with Gasteiger partial charge >= 0.3 is 11.9 Å². The van der Waals surface area contributed by atoms with E-state index in [1.165, 1.54) is 42.7 Å². The summed E-state index contributed by atoms with van der Waals surface area (Å²) in [6, 6.07) is 18.9. The molecule has 0 fully saturated rings. The van der Waals surface area contributed by atoms with Crippen molar-refractivity contribution in [2.45, 2.75) is 49.9 Å². The van der Waals surface area contributed by atoms with E-state index in [0.717, 1.165) is 11.1 Å². The first-order chi connectivity index (χ1) is 31.1. The van der Waals surface area contributed by atoms with Crippen LogP contribution in [0.25, 0.3) is 22.3 Å². The van der Waals surface area contributed by atoms with Crippen LogP contribution in [0.4, 0.5) is 8.78 Å². The molecule has 2 aromatic heterocycles. The number of aromatic amines is 2. The molecular formula is C43H43Cl2F2N11O7. The summed E-state index contributed by atoms with van der Waals surface area (Å²) in [5.41, 5.74) is 9.31. The number of rotatable bonds is 19. The Bertz CT molecular complexity index is 2550. The molecule has 22 heteroatoms. The Balaban J connectivity index is 0.000000247. The summed E-state index contributed by atoms with van der Waals surface area (Å²) < 4.78 is 28.3. The summed E-state index contributed by atoms with van der Waals surface area (Å²) in [6.45, 7) is -0.0543. The second-order valence-corrected chi connectivity index (χ2v) is 15.4. The highest BCUT2D eigenvalue weighted by molar-refractivity contribution is 6.31. The average molecular weight is 935 g/mol. The SMILES string of the molecule is CNCC(=O)N[C@H](C[C@@H](Cc1ccc(-c2cc(Cl)ccc2F)cc1)NC(=O)c1cn[nH]n1)C(=O)O.N[C@H](C[C@@H](Cc1ccc(-c2cc(Cl)ccc2F)cc1)NC(=O)c1cn[nH]n1)C(=O)O. The third kappa shape index (κ3) is 14.7. The zero-order valence-corrected chi connectivity index (χ0v) is 35.9. The van der Waals surface area contributed by atoms with E-state index in [-0.39, 0.29) is 37.2 Å². The van der Waals surface area contributed by atoms with Crippen LogP contribution in [0.15, 0.2) is 97.3 Å². The predicted molar refractivity (Wildman–Crippen MR) is 235 cm³/mol. The molecule has 0 aliphatic rings. The molecule has 10 N–H and O–H groups in total. The molecule has 0 saturated carbocycles. The number of H-pyrrole nitrogens is 2. The van der Waals surface area contributed by atoms with Crippen LogP contribution in [0.3, 0.4) is 0 Å². The van der Waals surface area contributed by atoms with Gasteiger partial charge in [0.1, 0.15) is 23.7 Å². The predicted octanol–water partition coefficient (Wildman–Crippen LogP) is 4.19. The first-order valence-corrected chi connectivity index (χ1v) is 20.4. The number of aliphatic carboxylic acids is 2. The van der Waals surface area contributed by atoms with Gasteiger partial charge in [-0.15, -0.1) is 0 Å². The highest BCUT2D eigenvalue weighted by Gasteiger charge is 2.27. The van der Waals surface area contributed by atoms with Crippen molar-refractivity contribution >= 4 is 52.9 Å². The van der Waals surface area contributed by atoms with E-state index in [0.29, 0.717) is 38.7 Å². The fourth-order valence-electron chi connectivity index (χ4n) is 6.49. The van der Waals surface area contributed by atoms with Crippen LogP contribution in [0, 0.1) is 11.6 Å². The maximum absolute atomic E-state index is 14.2. The molecule has 18 nitrogen and oxygen atoms in total. The van der Waals surface area contributed by atoms with Crippen LogP contribution in [-0.4, -0.2) is 108 Å². The lowest BCUT2D eigenvalue weighted by Crippen LogP contribution is -2.49. The van der Waals surface area contributed by atoms with Crippen molar-refractivity contribution in [2.75, 3.05) is 13.6 Å². The number of nitrogens with one attached hydrogen (secondary N) is 6. The highest BCUT2D eigenvalue weighted by atomic mass is 35.5. The molecule has 0 radical (unpaired) electrons. The Labute approximate surface area is 379 Å². The minimum atomic E-state index is -1.24. The maximum Gasteiger partial charge on any atom is 0.326 e. The first kappa shape index (κ1) is 48.9. The second kappa shape index (κ2) is 23.5. The Morgan fingerprint density at radius 2 is 1.11 bits per heavy atom. The number of benzene rings is 4. The molecule has 0 saturated heterocycles. The fraction of sp³-hybridized carbons (Fsp3) is 0.233. The van der Waals surface area contributed by atoms with Crippen molar-refractivity contribution in [3.8, 4) is 22.3 Å². The smallest absolute Gasteiger partial charge is 0.326 e. The van der Waals surface area contributed by atoms with E-state index in [1.807, 2.05) is 0 Å². The minimum absolute atomic E-state index is 0.0175. The van der Waals surface area contributed by atoms with Crippen molar-refractivity contribution in [3.05, 3.63) is 142 Å². The molecule has 0 bridgehead atoms. The van der Waals surface area contributed by atoms with Gasteiger partial charge in [0.2, 0.25) is 5.91 Å². The van der Waals surface area contributed by atoms with E-state index in [4.69, 9.17) is 34.0 Å². The maximum atomic E-state index is 14.2. The summed E-state index contributed by atoms with van der Waals surface area (Å²) in [5.74, 6) is -4.74. The second-order valence-electron chi connectivity index (χ2n) is 14.5. The van der Waals surface area contributed by atoms with Gasteiger partial charge in [0.25, 0.3) is 11.8 Å². The summed E-state index contributed by atoms with van der Waals surface area (Å²) in [7, 11) is 1.56. The zero-order chi connectivity index (χ0) is 47.0. The average Bonchev–Trinajstić information content (AvgIpc) is 4.03. The normalized spacial score (nSPS) is 12.7. The molecule has 0 spiro atoms. The Hall–Kier alpha value is -7.13. The van der Waals surface area contributed by atoms with Gasteiger partial charge in [-0.25, -0.2) is 13.6 Å². The number of likely N-dealkylation sites (N-methyl/N-ethyl adjacent to an activating group) is 1. The molecule has 6 aromatic rings. The number of halogens is 4. The molecule has 0 aliphatic heterocycles. The van der Waals surface area contributed by atoms with Crippen LogP contribution in [-0.2, 0) is 27.2 Å².